The van der Waals surface area contributed by atoms with Crippen molar-refractivity contribution in [3.05, 3.63) is 24.0 Å². The van der Waals surface area contributed by atoms with Gasteiger partial charge in [0.2, 0.25) is 10.0 Å². The van der Waals surface area contributed by atoms with Gasteiger partial charge in [-0.2, -0.15) is 13.2 Å². The van der Waals surface area contributed by atoms with Gasteiger partial charge in [0.05, 0.1) is 0 Å². The maximum atomic E-state index is 12.2. The molecule has 1 heterocycles. The second kappa shape index (κ2) is 4.98. The number of nitrogens with zero attached hydrogens (tertiary/aromatic N) is 1. The average Bonchev–Trinajstić information content (AvgIpc) is 2.25. The third-order valence-electron chi connectivity index (χ3n) is 1.77. The number of hydrogen-bond donors (Lipinski definition) is 2. The summed E-state index contributed by atoms with van der Waals surface area (Å²) in [4.78, 5) is 2.71. The molecule has 0 aliphatic heterocycles. The van der Waals surface area contributed by atoms with Crippen LogP contribution in [-0.2, 0) is 16.2 Å². The Kier molecular flexibility index (Phi) is 4.07. The topological polar surface area (TPSA) is 85.1 Å². The number of alkyl halides is 3. The van der Waals surface area contributed by atoms with Crippen LogP contribution in [0.2, 0.25) is 0 Å². The average molecular weight is 269 g/mol. The van der Waals surface area contributed by atoms with Gasteiger partial charge < -0.3 is 5.73 Å². The van der Waals surface area contributed by atoms with Crippen molar-refractivity contribution in [1.82, 2.24) is 9.71 Å². The first-order valence-electron chi connectivity index (χ1n) is 4.50. The molecular formula is C8H10F3N3O2S. The van der Waals surface area contributed by atoms with Crippen LogP contribution in [0.3, 0.4) is 0 Å². The van der Waals surface area contributed by atoms with Crippen molar-refractivity contribution in [2.24, 2.45) is 5.73 Å². The van der Waals surface area contributed by atoms with Gasteiger partial charge >= 0.3 is 6.18 Å². The fourth-order valence-electron chi connectivity index (χ4n) is 0.984. The minimum Gasteiger partial charge on any atom is -0.329 e. The molecule has 5 nitrogen and oxygen atoms in total. The molecule has 96 valence electrons. The zero-order chi connectivity index (χ0) is 13.1. The Morgan fingerprint density at radius 1 is 1.35 bits per heavy atom. The number of hydrogen-bond acceptors (Lipinski definition) is 4. The molecule has 9 heteroatoms. The molecule has 0 saturated carbocycles. The van der Waals surface area contributed by atoms with E-state index in [1.54, 1.807) is 0 Å². The van der Waals surface area contributed by atoms with Crippen LogP contribution in [0.15, 0.2) is 23.2 Å². The van der Waals surface area contributed by atoms with Crippen LogP contribution in [0.5, 0.6) is 0 Å². The minimum atomic E-state index is -4.59. The second-order valence-corrected chi connectivity index (χ2v) is 4.83. The second-order valence-electron chi connectivity index (χ2n) is 3.06. The van der Waals surface area contributed by atoms with Gasteiger partial charge in [-0.1, -0.05) is 0 Å². The van der Waals surface area contributed by atoms with E-state index in [2.05, 4.69) is 9.71 Å². The number of nitrogens with two attached hydrogens (primary N) is 1. The van der Waals surface area contributed by atoms with E-state index in [4.69, 9.17) is 5.73 Å². The van der Waals surface area contributed by atoms with Gasteiger partial charge in [-0.25, -0.2) is 13.1 Å². The number of halogens is 3. The number of rotatable bonds is 4. The van der Waals surface area contributed by atoms with Crippen LogP contribution in [0.1, 0.15) is 5.69 Å². The molecule has 0 aromatic carbocycles. The first-order chi connectivity index (χ1) is 7.77. The summed E-state index contributed by atoms with van der Waals surface area (Å²) in [6.45, 7) is 0.0939. The molecule has 0 saturated heterocycles. The van der Waals surface area contributed by atoms with Crippen molar-refractivity contribution in [3.8, 4) is 0 Å². The standard InChI is InChI=1S/C8H10F3N3O2S/c9-8(10,11)7-2-1-6(5-13-7)17(15,16)14-4-3-12/h1-2,5,14H,3-4,12H2. The highest BCUT2D eigenvalue weighted by Crippen LogP contribution is 2.27. The molecule has 0 spiro atoms. The Hall–Kier alpha value is -1.19. The number of pyridine rings is 1. The summed E-state index contributed by atoms with van der Waals surface area (Å²) < 4.78 is 61.6. The minimum absolute atomic E-state index is 0.00333. The molecule has 0 bridgehead atoms. The SMILES string of the molecule is NCCNS(=O)(=O)c1ccc(C(F)(F)F)nc1. The first kappa shape index (κ1) is 13.9. The molecule has 0 radical (unpaired) electrons. The Balaban J connectivity index is 2.95. The van der Waals surface area contributed by atoms with Gasteiger partial charge in [0.15, 0.2) is 0 Å². The monoisotopic (exact) mass is 269 g/mol. The van der Waals surface area contributed by atoms with Gasteiger partial charge in [0.25, 0.3) is 0 Å². The number of aromatic nitrogens is 1. The smallest absolute Gasteiger partial charge is 0.329 e. The molecule has 1 rings (SSSR count). The largest absolute Gasteiger partial charge is 0.433 e. The van der Waals surface area contributed by atoms with E-state index in [9.17, 15) is 21.6 Å². The van der Waals surface area contributed by atoms with Crippen LogP contribution in [-0.4, -0.2) is 26.5 Å². The molecule has 17 heavy (non-hydrogen) atoms. The highest BCUT2D eigenvalue weighted by atomic mass is 32.2. The molecule has 0 aliphatic rings. The van der Waals surface area contributed by atoms with Crippen LogP contribution < -0.4 is 10.5 Å². The number of sulfonamides is 1. The van der Waals surface area contributed by atoms with Gasteiger partial charge in [-0.15, -0.1) is 0 Å². The predicted molar refractivity (Wildman–Crippen MR) is 53.5 cm³/mol. The van der Waals surface area contributed by atoms with Crippen molar-refractivity contribution in [3.63, 3.8) is 0 Å². The molecule has 0 unspecified atom stereocenters. The molecule has 0 aliphatic carbocycles. The van der Waals surface area contributed by atoms with Gasteiger partial charge in [-0.05, 0) is 12.1 Å². The van der Waals surface area contributed by atoms with E-state index in [0.717, 1.165) is 6.07 Å². The predicted octanol–water partition coefficient (Wildman–Crippen LogP) is 0.337. The van der Waals surface area contributed by atoms with E-state index in [1.165, 1.54) is 0 Å². The highest BCUT2D eigenvalue weighted by molar-refractivity contribution is 7.89. The van der Waals surface area contributed by atoms with E-state index in [1.807, 2.05) is 0 Å². The van der Waals surface area contributed by atoms with Crippen molar-refractivity contribution in [2.75, 3.05) is 13.1 Å². The normalized spacial score (nSPS) is 12.7. The Morgan fingerprint density at radius 3 is 2.41 bits per heavy atom. The van der Waals surface area contributed by atoms with Gasteiger partial charge in [-0.3, -0.25) is 4.98 Å². The lowest BCUT2D eigenvalue weighted by atomic mass is 10.3. The summed E-state index contributed by atoms with van der Waals surface area (Å²) in [5, 5.41) is 0. The lowest BCUT2D eigenvalue weighted by Crippen LogP contribution is -2.29. The van der Waals surface area contributed by atoms with Gasteiger partial charge in [0, 0.05) is 19.3 Å². The van der Waals surface area contributed by atoms with E-state index < -0.39 is 21.9 Å². The molecular weight excluding hydrogens is 259 g/mol. The van der Waals surface area contributed by atoms with E-state index >= 15 is 0 Å². The molecule has 0 atom stereocenters. The van der Waals surface area contributed by atoms with Crippen molar-refractivity contribution >= 4 is 10.0 Å². The molecule has 1 aromatic heterocycles. The van der Waals surface area contributed by atoms with E-state index in [0.29, 0.717) is 12.3 Å². The molecule has 0 amide bonds. The van der Waals surface area contributed by atoms with Crippen molar-refractivity contribution in [1.29, 1.82) is 0 Å². The lowest BCUT2D eigenvalue weighted by molar-refractivity contribution is -0.141. The summed E-state index contributed by atoms with van der Waals surface area (Å²) in [5.74, 6) is 0. The Morgan fingerprint density at radius 2 is 2.00 bits per heavy atom. The lowest BCUT2D eigenvalue weighted by Gasteiger charge is -2.07. The molecule has 1 aromatic rings. The van der Waals surface area contributed by atoms with Crippen LogP contribution in [0, 0.1) is 0 Å². The van der Waals surface area contributed by atoms with Crippen LogP contribution in [0.4, 0.5) is 13.2 Å². The summed E-state index contributed by atoms with van der Waals surface area (Å²) in [7, 11) is -3.84. The zero-order valence-electron chi connectivity index (χ0n) is 8.53. The third-order valence-corrected chi connectivity index (χ3v) is 3.22. The van der Waals surface area contributed by atoms with Crippen molar-refractivity contribution in [2.45, 2.75) is 11.1 Å². The molecule has 0 fully saturated rings. The fourth-order valence-corrected chi connectivity index (χ4v) is 1.98. The van der Waals surface area contributed by atoms with Gasteiger partial charge in [0.1, 0.15) is 10.6 Å². The third kappa shape index (κ3) is 3.65. The zero-order valence-corrected chi connectivity index (χ0v) is 9.35. The van der Waals surface area contributed by atoms with Crippen LogP contribution in [0.25, 0.3) is 0 Å². The van der Waals surface area contributed by atoms with Crippen LogP contribution >= 0.6 is 0 Å². The summed E-state index contributed by atoms with van der Waals surface area (Å²) in [6, 6.07) is 1.45. The Bertz CT molecular complexity index is 470. The quantitative estimate of drug-likeness (QED) is 0.825. The molecule has 3 N–H and O–H groups in total. The van der Waals surface area contributed by atoms with E-state index in [-0.39, 0.29) is 18.0 Å². The summed E-state index contributed by atoms with van der Waals surface area (Å²) in [6.07, 6.45) is -3.94. The summed E-state index contributed by atoms with van der Waals surface area (Å²) in [5.41, 5.74) is 3.96. The maximum absolute atomic E-state index is 12.2. The first-order valence-corrected chi connectivity index (χ1v) is 5.98. The highest BCUT2D eigenvalue weighted by Gasteiger charge is 2.32. The fraction of sp³-hybridized carbons (Fsp3) is 0.375. The van der Waals surface area contributed by atoms with Crippen molar-refractivity contribution < 1.29 is 21.6 Å². The Labute approximate surface area is 95.9 Å². The number of nitrogens with one attached hydrogen (secondary N) is 1. The summed E-state index contributed by atoms with van der Waals surface area (Å²) >= 11 is 0. The maximum Gasteiger partial charge on any atom is 0.433 e.